The minimum Gasteiger partial charge on any atom is -0.508 e. The zero-order chi connectivity index (χ0) is 19.3. The normalized spacial score (nSPS) is 22.4. The maximum Gasteiger partial charge on any atom is 0.494 e. The van der Waals surface area contributed by atoms with Crippen molar-refractivity contribution in [2.75, 3.05) is 0 Å². The smallest absolute Gasteiger partial charge is 0.494 e. The Morgan fingerprint density at radius 3 is 2.12 bits per heavy atom. The van der Waals surface area contributed by atoms with Crippen LogP contribution in [0.1, 0.15) is 58.9 Å². The van der Waals surface area contributed by atoms with Crippen LogP contribution in [0.25, 0.3) is 5.57 Å². The van der Waals surface area contributed by atoms with Gasteiger partial charge in [0.2, 0.25) is 0 Å². The molecule has 1 aliphatic heterocycles. The van der Waals surface area contributed by atoms with Gasteiger partial charge in [-0.05, 0) is 81.2 Å². The number of phenols is 1. The molecule has 3 rings (SSSR count). The third-order valence-electron chi connectivity index (χ3n) is 6.07. The first-order valence-corrected chi connectivity index (χ1v) is 13.3. The van der Waals surface area contributed by atoms with Crippen molar-refractivity contribution in [1.29, 1.82) is 0 Å². The number of rotatable bonds is 3. The maximum absolute atomic E-state index is 11.0. The summed E-state index contributed by atoms with van der Waals surface area (Å²) in [5.41, 5.74) is 2.71. The Kier molecular flexibility index (Phi) is 4.96. The molecule has 1 N–H and O–H groups in total. The fourth-order valence-electron chi connectivity index (χ4n) is 3.91. The summed E-state index contributed by atoms with van der Waals surface area (Å²) in [5.74, 6) is 0.401. The van der Waals surface area contributed by atoms with Crippen molar-refractivity contribution < 1.29 is 14.4 Å². The Morgan fingerprint density at radius 2 is 1.62 bits per heavy atom. The molecule has 1 saturated heterocycles. The van der Waals surface area contributed by atoms with Crippen LogP contribution in [0.15, 0.2) is 18.2 Å². The Hall–Kier alpha value is -1.04. The first kappa shape index (κ1) is 19.7. The van der Waals surface area contributed by atoms with E-state index >= 15 is 0 Å². The van der Waals surface area contributed by atoms with Crippen molar-refractivity contribution >= 4 is 31.4 Å². The lowest BCUT2D eigenvalue weighted by Gasteiger charge is -2.32. The molecule has 2 aliphatic rings. The highest BCUT2D eigenvalue weighted by molar-refractivity contribution is 6.93. The van der Waals surface area contributed by atoms with Gasteiger partial charge in [-0.25, -0.2) is 0 Å². The molecule has 3 nitrogen and oxygen atoms in total. The molecule has 0 radical (unpaired) electrons. The van der Waals surface area contributed by atoms with Crippen LogP contribution in [-0.4, -0.2) is 31.5 Å². The Bertz CT molecular complexity index is 716. The molecule has 0 unspecified atom stereocenters. The molecule has 26 heavy (non-hydrogen) atoms. The molecule has 0 aromatic heterocycles. The highest BCUT2D eigenvalue weighted by atomic mass is 28.3. The van der Waals surface area contributed by atoms with E-state index in [4.69, 9.17) is 9.31 Å². The first-order valence-electron chi connectivity index (χ1n) is 9.85. The number of aromatic hydroxyl groups is 1. The van der Waals surface area contributed by atoms with Crippen LogP contribution in [0.2, 0.25) is 19.6 Å². The number of hydrogen-bond donors (Lipinski definition) is 1. The molecule has 0 atom stereocenters. The lowest BCUT2D eigenvalue weighted by atomic mass is 9.77. The van der Waals surface area contributed by atoms with Crippen LogP contribution in [0, 0.1) is 0 Å². The van der Waals surface area contributed by atoms with Gasteiger partial charge in [-0.15, -0.1) is 0 Å². The summed E-state index contributed by atoms with van der Waals surface area (Å²) < 4.78 is 12.7. The van der Waals surface area contributed by atoms with E-state index in [1.807, 2.05) is 6.07 Å². The molecule has 1 aliphatic carbocycles. The number of benzene rings is 1. The molecular formula is C21H33BO3Si. The summed E-state index contributed by atoms with van der Waals surface area (Å²) >= 11 is 0. The van der Waals surface area contributed by atoms with Gasteiger partial charge >= 0.3 is 7.12 Å². The van der Waals surface area contributed by atoms with Crippen LogP contribution in [0.5, 0.6) is 5.75 Å². The van der Waals surface area contributed by atoms with Crippen molar-refractivity contribution in [1.82, 2.24) is 0 Å². The summed E-state index contributed by atoms with van der Waals surface area (Å²) in [7, 11) is -2.22. The summed E-state index contributed by atoms with van der Waals surface area (Å²) in [5, 5.41) is 12.0. The molecule has 5 heteroatoms. The van der Waals surface area contributed by atoms with Crippen molar-refractivity contribution in [3.05, 3.63) is 23.8 Å². The molecule has 1 heterocycles. The van der Waals surface area contributed by atoms with Crippen molar-refractivity contribution in [2.45, 2.75) is 84.2 Å². The summed E-state index contributed by atoms with van der Waals surface area (Å²) in [6.45, 7) is 15.1. The Morgan fingerprint density at radius 1 is 1.00 bits per heavy atom. The van der Waals surface area contributed by atoms with E-state index in [0.717, 1.165) is 29.1 Å². The molecule has 0 saturated carbocycles. The molecule has 1 aromatic rings. The Labute approximate surface area is 159 Å². The van der Waals surface area contributed by atoms with E-state index in [9.17, 15) is 5.11 Å². The number of phenolic OH excluding ortho intramolecular Hbond substituents is 1. The molecule has 1 aromatic carbocycles. The Balaban J connectivity index is 2.12. The first-order chi connectivity index (χ1) is 11.9. The van der Waals surface area contributed by atoms with Gasteiger partial charge < -0.3 is 14.4 Å². The minimum absolute atomic E-state index is 0.385. The molecule has 0 bridgehead atoms. The molecular weight excluding hydrogens is 339 g/mol. The van der Waals surface area contributed by atoms with Gasteiger partial charge in [0.05, 0.1) is 19.3 Å². The van der Waals surface area contributed by atoms with E-state index in [1.54, 1.807) is 0 Å². The van der Waals surface area contributed by atoms with Crippen LogP contribution in [0.4, 0.5) is 0 Å². The highest BCUT2D eigenvalue weighted by Crippen LogP contribution is 2.37. The minimum atomic E-state index is -1.78. The second kappa shape index (κ2) is 6.54. The monoisotopic (exact) mass is 372 g/mol. The number of hydrogen-bond acceptors (Lipinski definition) is 3. The average molecular weight is 372 g/mol. The van der Waals surface area contributed by atoms with E-state index in [1.165, 1.54) is 18.4 Å². The topological polar surface area (TPSA) is 38.7 Å². The third-order valence-corrected chi connectivity index (χ3v) is 8.11. The quantitative estimate of drug-likeness (QED) is 0.809. The van der Waals surface area contributed by atoms with Crippen LogP contribution in [-0.2, 0) is 9.31 Å². The predicted molar refractivity (Wildman–Crippen MR) is 113 cm³/mol. The maximum atomic E-state index is 11.0. The summed E-state index contributed by atoms with van der Waals surface area (Å²) in [6, 6.07) is 4.17. The summed E-state index contributed by atoms with van der Waals surface area (Å²) in [6.07, 6.45) is 6.99. The second-order valence-corrected chi connectivity index (χ2v) is 14.8. The molecule has 142 valence electrons. The third kappa shape index (κ3) is 3.54. The summed E-state index contributed by atoms with van der Waals surface area (Å²) in [4.78, 5) is 0. The fraction of sp³-hybridized carbons (Fsp3) is 0.619. The lowest BCUT2D eigenvalue weighted by Crippen LogP contribution is -2.54. The van der Waals surface area contributed by atoms with Crippen LogP contribution in [0.3, 0.4) is 0 Å². The molecule has 0 amide bonds. The van der Waals surface area contributed by atoms with Gasteiger partial charge in [-0.3, -0.25) is 0 Å². The molecule has 0 spiro atoms. The second-order valence-electron chi connectivity index (χ2n) is 9.77. The highest BCUT2D eigenvalue weighted by Gasteiger charge is 2.53. The van der Waals surface area contributed by atoms with E-state index in [-0.39, 0.29) is 11.2 Å². The lowest BCUT2D eigenvalue weighted by molar-refractivity contribution is 0.00578. The predicted octanol–water partition coefficient (Wildman–Crippen LogP) is 4.19. The van der Waals surface area contributed by atoms with Gasteiger partial charge in [0.15, 0.2) is 0 Å². The number of allylic oxidation sites excluding steroid dienone is 2. The van der Waals surface area contributed by atoms with Gasteiger partial charge in [0.1, 0.15) is 5.75 Å². The van der Waals surface area contributed by atoms with Crippen molar-refractivity contribution in [2.24, 2.45) is 0 Å². The fourth-order valence-corrected chi connectivity index (χ4v) is 5.80. The zero-order valence-corrected chi connectivity index (χ0v) is 18.4. The zero-order valence-electron chi connectivity index (χ0n) is 17.4. The van der Waals surface area contributed by atoms with Crippen LogP contribution >= 0.6 is 0 Å². The average Bonchev–Trinajstić information content (AvgIpc) is 2.74. The SMILES string of the molecule is CC1(C)OB(c2cc(C3=CCCCC3)cc(O)c2[Si](C)(C)C)OC1(C)C. The van der Waals surface area contributed by atoms with Gasteiger partial charge in [-0.1, -0.05) is 31.8 Å². The van der Waals surface area contributed by atoms with Gasteiger partial charge in [0.25, 0.3) is 0 Å². The van der Waals surface area contributed by atoms with Gasteiger partial charge in [-0.2, -0.15) is 0 Å². The standard InChI is InChI=1S/C21H33BO3Si/c1-20(2)21(3,4)25-22(24-20)17-13-16(15-11-9-8-10-12-15)14-18(23)19(17)26(5,6)7/h11,13-14,23H,8-10,12H2,1-7H3. The van der Waals surface area contributed by atoms with E-state index < -0.39 is 15.2 Å². The van der Waals surface area contributed by atoms with E-state index in [0.29, 0.717) is 5.75 Å². The van der Waals surface area contributed by atoms with E-state index in [2.05, 4.69) is 59.5 Å². The van der Waals surface area contributed by atoms with Gasteiger partial charge in [0, 0.05) is 0 Å². The van der Waals surface area contributed by atoms with Crippen molar-refractivity contribution in [3.8, 4) is 5.75 Å². The van der Waals surface area contributed by atoms with Crippen LogP contribution < -0.4 is 10.6 Å². The largest absolute Gasteiger partial charge is 0.508 e. The molecule has 1 fully saturated rings. The van der Waals surface area contributed by atoms with Crippen molar-refractivity contribution in [3.63, 3.8) is 0 Å².